The summed E-state index contributed by atoms with van der Waals surface area (Å²) in [6.45, 7) is 2.32. The number of carbonyl (C=O) groups excluding carboxylic acids is 1. The maximum Gasteiger partial charge on any atom is 0.244 e. The van der Waals surface area contributed by atoms with Crippen LogP contribution in [0.25, 0.3) is 6.08 Å². The molecular formula is C25H25NO4S. The van der Waals surface area contributed by atoms with Crippen LogP contribution in [0.3, 0.4) is 0 Å². The minimum atomic E-state index is -3.24. The monoisotopic (exact) mass is 435 g/mol. The molecule has 3 rings (SSSR count). The minimum Gasteiger partial charge on any atom is -0.489 e. The van der Waals surface area contributed by atoms with Gasteiger partial charge in [-0.15, -0.1) is 0 Å². The summed E-state index contributed by atoms with van der Waals surface area (Å²) in [5.74, 6) is 0.487. The van der Waals surface area contributed by atoms with Crippen molar-refractivity contribution in [2.45, 2.75) is 24.5 Å². The highest BCUT2D eigenvalue weighted by atomic mass is 32.2. The van der Waals surface area contributed by atoms with Crippen LogP contribution in [-0.4, -0.2) is 20.6 Å². The zero-order valence-electron chi connectivity index (χ0n) is 17.5. The third-order valence-electron chi connectivity index (χ3n) is 4.70. The molecule has 6 heteroatoms. The van der Waals surface area contributed by atoms with E-state index in [0.29, 0.717) is 6.61 Å². The number of amides is 1. The fourth-order valence-corrected chi connectivity index (χ4v) is 3.60. The van der Waals surface area contributed by atoms with Crippen LogP contribution in [0.4, 0.5) is 0 Å². The number of rotatable bonds is 8. The predicted molar refractivity (Wildman–Crippen MR) is 122 cm³/mol. The number of ether oxygens (including phenoxy) is 1. The Balaban J connectivity index is 1.57. The van der Waals surface area contributed by atoms with Gasteiger partial charge >= 0.3 is 0 Å². The summed E-state index contributed by atoms with van der Waals surface area (Å²) in [5, 5.41) is 2.88. The summed E-state index contributed by atoms with van der Waals surface area (Å²) in [7, 11) is -3.24. The number of benzene rings is 3. The summed E-state index contributed by atoms with van der Waals surface area (Å²) in [6, 6.07) is 23.7. The quantitative estimate of drug-likeness (QED) is 0.527. The van der Waals surface area contributed by atoms with E-state index in [9.17, 15) is 13.2 Å². The van der Waals surface area contributed by atoms with Crippen LogP contribution < -0.4 is 10.1 Å². The normalized spacial score (nSPS) is 12.5. The van der Waals surface area contributed by atoms with Crippen LogP contribution in [0.15, 0.2) is 89.8 Å². The molecule has 5 nitrogen and oxygen atoms in total. The fourth-order valence-electron chi connectivity index (χ4n) is 2.97. The van der Waals surface area contributed by atoms with E-state index in [4.69, 9.17) is 4.74 Å². The van der Waals surface area contributed by atoms with Gasteiger partial charge in [0, 0.05) is 12.3 Å². The molecule has 0 saturated carbocycles. The highest BCUT2D eigenvalue weighted by Gasteiger charge is 2.10. The highest BCUT2D eigenvalue weighted by molar-refractivity contribution is 7.90. The molecule has 0 fully saturated rings. The summed E-state index contributed by atoms with van der Waals surface area (Å²) in [5.41, 5.74) is 2.76. The average Bonchev–Trinajstić information content (AvgIpc) is 2.77. The Hall–Kier alpha value is -3.38. The molecule has 31 heavy (non-hydrogen) atoms. The smallest absolute Gasteiger partial charge is 0.244 e. The first-order chi connectivity index (χ1) is 14.8. The molecule has 0 spiro atoms. The molecule has 0 aliphatic heterocycles. The van der Waals surface area contributed by atoms with Gasteiger partial charge in [-0.3, -0.25) is 4.79 Å². The lowest BCUT2D eigenvalue weighted by atomic mass is 10.1. The van der Waals surface area contributed by atoms with E-state index >= 15 is 0 Å². The average molecular weight is 436 g/mol. The molecule has 3 aromatic rings. The largest absolute Gasteiger partial charge is 0.489 e. The zero-order valence-corrected chi connectivity index (χ0v) is 18.3. The molecule has 3 aromatic carbocycles. The number of sulfone groups is 1. The van der Waals surface area contributed by atoms with E-state index in [0.717, 1.165) is 22.4 Å². The second kappa shape index (κ2) is 10.1. The van der Waals surface area contributed by atoms with Gasteiger partial charge in [0.2, 0.25) is 5.91 Å². The molecule has 0 saturated heterocycles. The first-order valence-corrected chi connectivity index (χ1v) is 11.8. The molecular weight excluding hydrogens is 410 g/mol. The lowest BCUT2D eigenvalue weighted by molar-refractivity contribution is -0.117. The lowest BCUT2D eigenvalue weighted by Crippen LogP contribution is -2.24. The van der Waals surface area contributed by atoms with E-state index in [-0.39, 0.29) is 16.8 Å². The van der Waals surface area contributed by atoms with E-state index < -0.39 is 9.84 Å². The molecule has 0 heterocycles. The predicted octanol–water partition coefficient (Wildman–Crippen LogP) is 4.56. The number of hydrogen-bond donors (Lipinski definition) is 1. The maximum absolute atomic E-state index is 12.3. The van der Waals surface area contributed by atoms with Crippen molar-refractivity contribution in [3.63, 3.8) is 0 Å². The first kappa shape index (κ1) is 22.3. The van der Waals surface area contributed by atoms with Gasteiger partial charge in [0.25, 0.3) is 0 Å². The summed E-state index contributed by atoms with van der Waals surface area (Å²) < 4.78 is 28.9. The number of carbonyl (C=O) groups is 1. The molecule has 0 aliphatic carbocycles. The minimum absolute atomic E-state index is 0.240. The standard InChI is InChI=1S/C25H25NO4S/c1-19(22-12-14-24(15-13-22)31(2,28)29)26-25(27)16-11-20-9-6-10-23(17-20)30-18-21-7-4-3-5-8-21/h3-17,19H,18H2,1-2H3,(H,26,27)/b16-11+. The Kier molecular flexibility index (Phi) is 7.26. The summed E-state index contributed by atoms with van der Waals surface area (Å²) in [4.78, 5) is 12.6. The third-order valence-corrected chi connectivity index (χ3v) is 5.83. The van der Waals surface area contributed by atoms with Crippen LogP contribution in [-0.2, 0) is 21.2 Å². The maximum atomic E-state index is 12.3. The van der Waals surface area contributed by atoms with Crippen LogP contribution in [0.1, 0.15) is 29.7 Å². The van der Waals surface area contributed by atoms with Gasteiger partial charge < -0.3 is 10.1 Å². The van der Waals surface area contributed by atoms with Crippen molar-refractivity contribution < 1.29 is 17.9 Å². The van der Waals surface area contributed by atoms with Crippen molar-refractivity contribution in [2.24, 2.45) is 0 Å². The van der Waals surface area contributed by atoms with Crippen molar-refractivity contribution in [2.75, 3.05) is 6.26 Å². The Morgan fingerprint density at radius 1 is 1.00 bits per heavy atom. The van der Waals surface area contributed by atoms with Crippen LogP contribution in [0.5, 0.6) is 5.75 Å². The van der Waals surface area contributed by atoms with Gasteiger partial charge in [-0.05, 0) is 54.0 Å². The molecule has 1 atom stereocenters. The Morgan fingerprint density at radius 2 is 1.71 bits per heavy atom. The summed E-state index contributed by atoms with van der Waals surface area (Å²) >= 11 is 0. The topological polar surface area (TPSA) is 72.5 Å². The lowest BCUT2D eigenvalue weighted by Gasteiger charge is -2.13. The van der Waals surface area contributed by atoms with E-state index in [1.807, 2.05) is 61.5 Å². The molecule has 0 bridgehead atoms. The Morgan fingerprint density at radius 3 is 2.39 bits per heavy atom. The van der Waals surface area contributed by atoms with Crippen LogP contribution in [0.2, 0.25) is 0 Å². The van der Waals surface area contributed by atoms with Gasteiger partial charge in [-0.25, -0.2) is 8.42 Å². The van der Waals surface area contributed by atoms with Crippen LogP contribution in [0, 0.1) is 0 Å². The zero-order chi connectivity index (χ0) is 22.3. The van der Waals surface area contributed by atoms with Crippen LogP contribution >= 0.6 is 0 Å². The van der Waals surface area contributed by atoms with E-state index in [1.54, 1.807) is 30.3 Å². The molecule has 1 amide bonds. The van der Waals surface area contributed by atoms with Gasteiger partial charge in [0.1, 0.15) is 12.4 Å². The molecule has 160 valence electrons. The van der Waals surface area contributed by atoms with Gasteiger partial charge in [-0.2, -0.15) is 0 Å². The fraction of sp³-hybridized carbons (Fsp3) is 0.160. The van der Waals surface area contributed by atoms with Crippen molar-refractivity contribution >= 4 is 21.8 Å². The first-order valence-electron chi connectivity index (χ1n) is 9.86. The highest BCUT2D eigenvalue weighted by Crippen LogP contribution is 2.18. The Bertz CT molecular complexity index is 1150. The van der Waals surface area contributed by atoms with Gasteiger partial charge in [0.05, 0.1) is 10.9 Å². The second-order valence-corrected chi connectivity index (χ2v) is 9.27. The molecule has 0 aromatic heterocycles. The SMILES string of the molecule is CC(NC(=O)/C=C/c1cccc(OCc2ccccc2)c1)c1ccc(S(C)(=O)=O)cc1. The Labute approximate surface area is 183 Å². The van der Waals surface area contributed by atoms with E-state index in [2.05, 4.69) is 5.32 Å². The third kappa shape index (κ3) is 6.83. The van der Waals surface area contributed by atoms with Crippen molar-refractivity contribution in [3.8, 4) is 5.75 Å². The molecule has 0 aliphatic rings. The van der Waals surface area contributed by atoms with Gasteiger partial charge in [-0.1, -0.05) is 54.6 Å². The van der Waals surface area contributed by atoms with Gasteiger partial charge in [0.15, 0.2) is 9.84 Å². The number of nitrogens with one attached hydrogen (secondary N) is 1. The molecule has 1 unspecified atom stereocenters. The summed E-state index contributed by atoms with van der Waals surface area (Å²) in [6.07, 6.45) is 4.36. The molecule has 0 radical (unpaired) electrons. The van der Waals surface area contributed by atoms with E-state index in [1.165, 1.54) is 12.3 Å². The van der Waals surface area contributed by atoms with Crippen molar-refractivity contribution in [1.29, 1.82) is 0 Å². The van der Waals surface area contributed by atoms with Crippen molar-refractivity contribution in [1.82, 2.24) is 5.32 Å². The van der Waals surface area contributed by atoms with Crippen molar-refractivity contribution in [3.05, 3.63) is 102 Å². The second-order valence-electron chi connectivity index (χ2n) is 7.25. The molecule has 1 N–H and O–H groups in total. The number of hydrogen-bond acceptors (Lipinski definition) is 4.